The quantitative estimate of drug-likeness (QED) is 0.372. The van der Waals surface area contributed by atoms with Crippen molar-refractivity contribution in [1.82, 2.24) is 20.8 Å². The summed E-state index contributed by atoms with van der Waals surface area (Å²) in [4.78, 5) is 23.9. The van der Waals surface area contributed by atoms with Gasteiger partial charge in [0, 0.05) is 17.2 Å². The zero-order chi connectivity index (χ0) is 18.2. The van der Waals surface area contributed by atoms with Gasteiger partial charge in [-0.15, -0.1) is 10.2 Å². The van der Waals surface area contributed by atoms with E-state index in [1.165, 1.54) is 23.1 Å². The van der Waals surface area contributed by atoms with Gasteiger partial charge in [0.05, 0.1) is 18.2 Å². The molecule has 0 aromatic carbocycles. The monoisotopic (exact) mass is 402 g/mol. The Morgan fingerprint density at radius 2 is 2.00 bits per heavy atom. The van der Waals surface area contributed by atoms with Crippen LogP contribution in [0, 0.1) is 0 Å². The number of amides is 2. The second-order valence-corrected chi connectivity index (χ2v) is 8.80. The van der Waals surface area contributed by atoms with Crippen LogP contribution in [0.15, 0.2) is 19.9 Å². The van der Waals surface area contributed by atoms with Crippen molar-refractivity contribution in [2.45, 2.75) is 48.3 Å². The van der Waals surface area contributed by atoms with Gasteiger partial charge < -0.3 is 15.4 Å². The number of unbranched alkanes of at least 4 members (excludes halogenated alkanes) is 1. The molecule has 1 aromatic heterocycles. The van der Waals surface area contributed by atoms with E-state index < -0.39 is 12.0 Å². The van der Waals surface area contributed by atoms with Crippen LogP contribution in [0.5, 0.6) is 0 Å². The van der Waals surface area contributed by atoms with E-state index in [4.69, 9.17) is 4.74 Å². The number of carbonyl (C=O) groups excluding carboxylic acids is 2. The zero-order valence-electron chi connectivity index (χ0n) is 14.5. The molecule has 1 aromatic rings. The van der Waals surface area contributed by atoms with Crippen molar-refractivity contribution in [2.75, 3.05) is 18.1 Å². The molecule has 2 heterocycles. The first kappa shape index (κ1) is 20.1. The van der Waals surface area contributed by atoms with E-state index in [9.17, 15) is 9.59 Å². The Hall–Kier alpha value is -1.26. The van der Waals surface area contributed by atoms with E-state index >= 15 is 0 Å². The molecule has 0 bridgehead atoms. The smallest absolute Gasteiger partial charge is 0.337 e. The Morgan fingerprint density at radius 1 is 1.28 bits per heavy atom. The third kappa shape index (κ3) is 5.89. The summed E-state index contributed by atoms with van der Waals surface area (Å²) in [6, 6.07) is -0.706. The number of esters is 1. The van der Waals surface area contributed by atoms with Crippen LogP contribution in [0.4, 0.5) is 4.79 Å². The largest absolute Gasteiger partial charge is 0.463 e. The Balaban J connectivity index is 2.03. The summed E-state index contributed by atoms with van der Waals surface area (Å²) >= 11 is 4.69. The van der Waals surface area contributed by atoms with Crippen molar-refractivity contribution in [2.24, 2.45) is 0 Å². The Bertz CT molecular complexity index is 648. The number of aromatic nitrogens is 2. The molecule has 1 aliphatic rings. The molecule has 0 fully saturated rings. The van der Waals surface area contributed by atoms with E-state index in [0.29, 0.717) is 17.0 Å². The molecular formula is C15H22N4O3S3. The molecule has 0 radical (unpaired) electrons. The Morgan fingerprint density at radius 3 is 2.68 bits per heavy atom. The van der Waals surface area contributed by atoms with Crippen LogP contribution in [0.2, 0.25) is 0 Å². The molecule has 138 valence electrons. The number of ether oxygens (including phenoxy) is 1. The lowest BCUT2D eigenvalue weighted by molar-refractivity contribution is -0.138. The standard InChI is InChI=1S/C15H22N4O3S3/c1-4-6-7-23-14-18-19-15(25-14)24-8-10-11(12(20)22-5-2)9(3)16-13(21)17-10/h9H,4-8H2,1-3H3,(H2,16,17,21). The fourth-order valence-corrected chi connectivity index (χ4v) is 5.29. The van der Waals surface area contributed by atoms with Gasteiger partial charge in [0.25, 0.3) is 0 Å². The van der Waals surface area contributed by atoms with Gasteiger partial charge in [0.1, 0.15) is 0 Å². The van der Waals surface area contributed by atoms with Crippen LogP contribution in [0.3, 0.4) is 0 Å². The summed E-state index contributed by atoms with van der Waals surface area (Å²) in [6.07, 6.45) is 2.31. The zero-order valence-corrected chi connectivity index (χ0v) is 16.9. The third-order valence-electron chi connectivity index (χ3n) is 3.32. The molecule has 2 N–H and O–H groups in total. The first-order chi connectivity index (χ1) is 12.0. The van der Waals surface area contributed by atoms with E-state index in [2.05, 4.69) is 27.8 Å². The van der Waals surface area contributed by atoms with Crippen molar-refractivity contribution in [1.29, 1.82) is 0 Å². The highest BCUT2D eigenvalue weighted by molar-refractivity contribution is 8.03. The van der Waals surface area contributed by atoms with Crippen LogP contribution in [0.1, 0.15) is 33.6 Å². The lowest BCUT2D eigenvalue weighted by atomic mass is 10.1. The highest BCUT2D eigenvalue weighted by atomic mass is 32.2. The van der Waals surface area contributed by atoms with Crippen LogP contribution in [-0.2, 0) is 9.53 Å². The lowest BCUT2D eigenvalue weighted by Crippen LogP contribution is -2.49. The van der Waals surface area contributed by atoms with Crippen LogP contribution >= 0.6 is 34.9 Å². The second-order valence-electron chi connectivity index (χ2n) is 5.26. The summed E-state index contributed by atoms with van der Waals surface area (Å²) in [5.74, 6) is 1.05. The molecule has 0 saturated carbocycles. The number of nitrogens with one attached hydrogen (secondary N) is 2. The van der Waals surface area contributed by atoms with Gasteiger partial charge in [-0.2, -0.15) is 0 Å². The minimum Gasteiger partial charge on any atom is -0.463 e. The van der Waals surface area contributed by atoms with Gasteiger partial charge in [0.2, 0.25) is 0 Å². The van der Waals surface area contributed by atoms with Crippen molar-refractivity contribution >= 4 is 46.9 Å². The number of thioether (sulfide) groups is 2. The number of urea groups is 1. The van der Waals surface area contributed by atoms with Gasteiger partial charge >= 0.3 is 12.0 Å². The number of carbonyl (C=O) groups is 2. The third-order valence-corrected chi connectivity index (χ3v) is 6.62. The molecule has 1 unspecified atom stereocenters. The fourth-order valence-electron chi connectivity index (χ4n) is 2.14. The summed E-state index contributed by atoms with van der Waals surface area (Å²) in [5.41, 5.74) is 1.02. The van der Waals surface area contributed by atoms with Gasteiger partial charge in [0.15, 0.2) is 8.68 Å². The normalized spacial score (nSPS) is 17.2. The van der Waals surface area contributed by atoms with Crippen LogP contribution in [0.25, 0.3) is 0 Å². The summed E-state index contributed by atoms with van der Waals surface area (Å²) in [7, 11) is 0. The molecule has 0 saturated heterocycles. The van der Waals surface area contributed by atoms with Gasteiger partial charge in [-0.1, -0.05) is 48.2 Å². The topological polar surface area (TPSA) is 93.2 Å². The van der Waals surface area contributed by atoms with Gasteiger partial charge in [-0.25, -0.2) is 9.59 Å². The average Bonchev–Trinajstić information content (AvgIpc) is 3.00. The summed E-state index contributed by atoms with van der Waals surface area (Å²) in [5, 5.41) is 13.7. The van der Waals surface area contributed by atoms with Crippen molar-refractivity contribution < 1.29 is 14.3 Å². The molecule has 25 heavy (non-hydrogen) atoms. The molecule has 10 heteroatoms. The first-order valence-electron chi connectivity index (χ1n) is 8.11. The number of hydrogen-bond donors (Lipinski definition) is 2. The predicted molar refractivity (Wildman–Crippen MR) is 101 cm³/mol. The highest BCUT2D eigenvalue weighted by Gasteiger charge is 2.29. The maximum atomic E-state index is 12.2. The molecule has 2 amide bonds. The average molecular weight is 403 g/mol. The Kier molecular flexibility index (Phi) is 8.04. The van der Waals surface area contributed by atoms with Crippen LogP contribution in [-0.4, -0.2) is 46.4 Å². The number of hydrogen-bond acceptors (Lipinski definition) is 8. The second kappa shape index (κ2) is 10.0. The molecule has 0 aliphatic carbocycles. The fraction of sp³-hybridized carbons (Fsp3) is 0.600. The molecule has 1 atom stereocenters. The highest BCUT2D eigenvalue weighted by Crippen LogP contribution is 2.31. The lowest BCUT2D eigenvalue weighted by Gasteiger charge is -2.26. The predicted octanol–water partition coefficient (Wildman–Crippen LogP) is 3.04. The minimum atomic E-state index is -0.411. The Labute approximate surface area is 159 Å². The van der Waals surface area contributed by atoms with Gasteiger partial charge in [-0.3, -0.25) is 0 Å². The molecule has 7 nitrogen and oxygen atoms in total. The van der Waals surface area contributed by atoms with Crippen molar-refractivity contribution in [3.63, 3.8) is 0 Å². The van der Waals surface area contributed by atoms with Gasteiger partial charge in [-0.05, 0) is 20.3 Å². The van der Waals surface area contributed by atoms with E-state index in [1.54, 1.807) is 25.6 Å². The SMILES string of the molecule is CCCCSc1nnc(SCC2=C(C(=O)OCC)C(C)NC(=O)N2)s1. The van der Waals surface area contributed by atoms with E-state index in [-0.39, 0.29) is 12.6 Å². The van der Waals surface area contributed by atoms with Crippen molar-refractivity contribution in [3.8, 4) is 0 Å². The molecule has 1 aliphatic heterocycles. The summed E-state index contributed by atoms with van der Waals surface area (Å²) in [6.45, 7) is 5.97. The van der Waals surface area contributed by atoms with E-state index in [1.807, 2.05) is 0 Å². The number of nitrogens with zero attached hydrogens (tertiary/aromatic N) is 2. The number of rotatable bonds is 9. The van der Waals surface area contributed by atoms with Crippen molar-refractivity contribution in [3.05, 3.63) is 11.3 Å². The van der Waals surface area contributed by atoms with Crippen LogP contribution < -0.4 is 10.6 Å². The van der Waals surface area contributed by atoms with E-state index in [0.717, 1.165) is 27.3 Å². The molecule has 0 spiro atoms. The molecule has 2 rings (SSSR count). The molecular weight excluding hydrogens is 380 g/mol. The maximum absolute atomic E-state index is 12.2. The first-order valence-corrected chi connectivity index (χ1v) is 10.9. The summed E-state index contributed by atoms with van der Waals surface area (Å²) < 4.78 is 6.86. The minimum absolute atomic E-state index is 0.290. The maximum Gasteiger partial charge on any atom is 0.337 e.